The number of ether oxygens (including phenoxy) is 2. The Kier molecular flexibility index (Phi) is 6.89. The van der Waals surface area contributed by atoms with Gasteiger partial charge >= 0.3 is 0 Å². The topological polar surface area (TPSA) is 67.5 Å². The first-order chi connectivity index (χ1) is 14.1. The van der Waals surface area contributed by atoms with Crippen molar-refractivity contribution in [1.82, 2.24) is 14.9 Å². The first-order valence-corrected chi connectivity index (χ1v) is 9.87. The summed E-state index contributed by atoms with van der Waals surface area (Å²) in [7, 11) is 1.76. The van der Waals surface area contributed by atoms with Gasteiger partial charge in [-0.2, -0.15) is 0 Å². The largest absolute Gasteiger partial charge is 0.490 e. The second kappa shape index (κ2) is 9.78. The van der Waals surface area contributed by atoms with Crippen LogP contribution >= 0.6 is 0 Å². The standard InChI is InChI=1S/C23H27N3O3/c1-4-14-29-20-12-10-17(15-21(20)28-5-2)11-13-23(27)26(3)16-22-24-18-8-6-7-9-19(18)25-22/h6-13,15H,4-5,14,16H2,1-3H3,(H,24,25)/b13-11+. The number of para-hydroxylation sites is 2. The maximum Gasteiger partial charge on any atom is 0.246 e. The van der Waals surface area contributed by atoms with Crippen LogP contribution in [0.25, 0.3) is 17.1 Å². The maximum atomic E-state index is 12.5. The Morgan fingerprint density at radius 1 is 1.14 bits per heavy atom. The highest BCUT2D eigenvalue weighted by Gasteiger charge is 2.10. The normalized spacial score (nSPS) is 11.1. The summed E-state index contributed by atoms with van der Waals surface area (Å²) in [5, 5.41) is 0. The fourth-order valence-electron chi connectivity index (χ4n) is 2.91. The average molecular weight is 393 g/mol. The molecule has 0 spiro atoms. The highest BCUT2D eigenvalue weighted by Crippen LogP contribution is 2.29. The van der Waals surface area contributed by atoms with Crippen molar-refractivity contribution in [3.8, 4) is 11.5 Å². The minimum Gasteiger partial charge on any atom is -0.490 e. The average Bonchev–Trinajstić information content (AvgIpc) is 3.13. The number of aromatic amines is 1. The molecule has 0 unspecified atom stereocenters. The van der Waals surface area contributed by atoms with Crippen molar-refractivity contribution in [2.45, 2.75) is 26.8 Å². The number of aromatic nitrogens is 2. The number of amides is 1. The van der Waals surface area contributed by atoms with Crippen LogP contribution in [0.15, 0.2) is 48.5 Å². The molecule has 1 N–H and O–H groups in total. The molecule has 0 bridgehead atoms. The molecule has 0 atom stereocenters. The van der Waals surface area contributed by atoms with E-state index in [4.69, 9.17) is 9.47 Å². The molecular weight excluding hydrogens is 366 g/mol. The quantitative estimate of drug-likeness (QED) is 0.547. The Bertz CT molecular complexity index is 961. The zero-order valence-corrected chi connectivity index (χ0v) is 17.1. The van der Waals surface area contributed by atoms with Gasteiger partial charge in [-0.1, -0.05) is 25.1 Å². The van der Waals surface area contributed by atoms with E-state index in [-0.39, 0.29) is 5.91 Å². The molecule has 0 radical (unpaired) electrons. The van der Waals surface area contributed by atoms with Gasteiger partial charge in [0.1, 0.15) is 5.82 Å². The van der Waals surface area contributed by atoms with Crippen LogP contribution in [-0.4, -0.2) is 41.0 Å². The molecule has 1 aromatic heterocycles. The van der Waals surface area contributed by atoms with Gasteiger partial charge in [-0.3, -0.25) is 4.79 Å². The molecule has 1 heterocycles. The van der Waals surface area contributed by atoms with Crippen molar-refractivity contribution in [2.24, 2.45) is 0 Å². The van der Waals surface area contributed by atoms with E-state index < -0.39 is 0 Å². The Balaban J connectivity index is 1.66. The molecule has 0 aliphatic carbocycles. The maximum absolute atomic E-state index is 12.5. The second-order valence-electron chi connectivity index (χ2n) is 6.72. The summed E-state index contributed by atoms with van der Waals surface area (Å²) in [6.45, 7) is 5.59. The van der Waals surface area contributed by atoms with E-state index in [9.17, 15) is 4.79 Å². The summed E-state index contributed by atoms with van der Waals surface area (Å²) in [6.07, 6.45) is 4.27. The van der Waals surface area contributed by atoms with E-state index >= 15 is 0 Å². The van der Waals surface area contributed by atoms with Gasteiger partial charge in [0, 0.05) is 13.1 Å². The molecule has 0 fully saturated rings. The van der Waals surface area contributed by atoms with Gasteiger partial charge in [-0.05, 0) is 49.2 Å². The molecule has 1 amide bonds. The van der Waals surface area contributed by atoms with Crippen LogP contribution in [0, 0.1) is 0 Å². The van der Waals surface area contributed by atoms with Crippen LogP contribution in [0.5, 0.6) is 11.5 Å². The third kappa shape index (κ3) is 5.38. The van der Waals surface area contributed by atoms with Crippen LogP contribution in [0.2, 0.25) is 0 Å². The molecule has 29 heavy (non-hydrogen) atoms. The number of rotatable bonds is 9. The third-order valence-corrected chi connectivity index (χ3v) is 4.35. The molecule has 3 rings (SSSR count). The number of H-pyrrole nitrogens is 1. The fraction of sp³-hybridized carbons (Fsp3) is 0.304. The monoisotopic (exact) mass is 393 g/mol. The van der Waals surface area contributed by atoms with E-state index in [1.54, 1.807) is 24.1 Å². The number of benzene rings is 2. The highest BCUT2D eigenvalue weighted by molar-refractivity contribution is 5.91. The number of hydrogen-bond acceptors (Lipinski definition) is 4. The minimum atomic E-state index is -0.102. The first-order valence-electron chi connectivity index (χ1n) is 9.87. The van der Waals surface area contributed by atoms with Gasteiger partial charge in [0.15, 0.2) is 11.5 Å². The molecule has 3 aromatic rings. The second-order valence-corrected chi connectivity index (χ2v) is 6.72. The number of hydrogen-bond donors (Lipinski definition) is 1. The zero-order chi connectivity index (χ0) is 20.6. The van der Waals surface area contributed by atoms with Gasteiger partial charge in [0.2, 0.25) is 5.91 Å². The number of fused-ring (bicyclic) bond motifs is 1. The van der Waals surface area contributed by atoms with Crippen LogP contribution in [0.1, 0.15) is 31.7 Å². The van der Waals surface area contributed by atoms with Gasteiger partial charge in [0.05, 0.1) is 30.8 Å². The molecule has 0 aliphatic rings. The number of carbonyl (C=O) groups is 1. The number of imidazole rings is 1. The van der Waals surface area contributed by atoms with Gasteiger partial charge in [-0.25, -0.2) is 4.98 Å². The van der Waals surface area contributed by atoms with Crippen molar-refractivity contribution in [2.75, 3.05) is 20.3 Å². The molecule has 0 aliphatic heterocycles. The smallest absolute Gasteiger partial charge is 0.246 e. The predicted molar refractivity (Wildman–Crippen MR) is 115 cm³/mol. The molecule has 152 valence electrons. The van der Waals surface area contributed by atoms with Gasteiger partial charge in [0.25, 0.3) is 0 Å². The van der Waals surface area contributed by atoms with Crippen LogP contribution < -0.4 is 9.47 Å². The number of likely N-dealkylation sites (N-methyl/N-ethyl adjacent to an activating group) is 1. The minimum absolute atomic E-state index is 0.102. The van der Waals surface area contributed by atoms with Gasteiger partial charge < -0.3 is 19.4 Å². The Morgan fingerprint density at radius 2 is 1.97 bits per heavy atom. The van der Waals surface area contributed by atoms with Gasteiger partial charge in [-0.15, -0.1) is 0 Å². The lowest BCUT2D eigenvalue weighted by Gasteiger charge is -2.13. The van der Waals surface area contributed by atoms with E-state index in [1.807, 2.05) is 49.4 Å². The lowest BCUT2D eigenvalue weighted by molar-refractivity contribution is -0.125. The summed E-state index contributed by atoms with van der Waals surface area (Å²) in [5.74, 6) is 2.06. The highest BCUT2D eigenvalue weighted by atomic mass is 16.5. The summed E-state index contributed by atoms with van der Waals surface area (Å²) >= 11 is 0. The SMILES string of the molecule is CCCOc1ccc(/C=C/C(=O)N(C)Cc2nc3ccccc3[nH]2)cc1OCC. The molecule has 2 aromatic carbocycles. The summed E-state index contributed by atoms with van der Waals surface area (Å²) in [4.78, 5) is 21.9. The number of nitrogens with one attached hydrogen (secondary N) is 1. The molecule has 6 nitrogen and oxygen atoms in total. The van der Waals surface area contributed by atoms with Crippen molar-refractivity contribution in [3.05, 3.63) is 59.9 Å². The van der Waals surface area contributed by atoms with Crippen molar-refractivity contribution in [1.29, 1.82) is 0 Å². The Hall–Kier alpha value is -3.28. The molecule has 6 heteroatoms. The summed E-state index contributed by atoms with van der Waals surface area (Å²) < 4.78 is 11.4. The van der Waals surface area contributed by atoms with Crippen LogP contribution in [0.3, 0.4) is 0 Å². The summed E-state index contributed by atoms with van der Waals surface area (Å²) in [5.41, 5.74) is 2.74. The predicted octanol–water partition coefficient (Wildman–Crippen LogP) is 4.42. The number of nitrogens with zero attached hydrogens (tertiary/aromatic N) is 2. The van der Waals surface area contributed by atoms with Crippen molar-refractivity contribution in [3.63, 3.8) is 0 Å². The van der Waals surface area contributed by atoms with E-state index in [0.717, 1.165) is 34.6 Å². The van der Waals surface area contributed by atoms with Crippen LogP contribution in [0.4, 0.5) is 0 Å². The lowest BCUT2D eigenvalue weighted by atomic mass is 10.2. The Morgan fingerprint density at radius 3 is 2.72 bits per heavy atom. The van der Waals surface area contributed by atoms with Crippen molar-refractivity contribution >= 4 is 23.0 Å². The van der Waals surface area contributed by atoms with Crippen LogP contribution in [-0.2, 0) is 11.3 Å². The van der Waals surface area contributed by atoms with E-state index in [1.165, 1.54) is 0 Å². The van der Waals surface area contributed by atoms with E-state index in [0.29, 0.717) is 25.5 Å². The van der Waals surface area contributed by atoms with Crippen molar-refractivity contribution < 1.29 is 14.3 Å². The fourth-order valence-corrected chi connectivity index (χ4v) is 2.91. The molecule has 0 saturated heterocycles. The third-order valence-electron chi connectivity index (χ3n) is 4.35. The first kappa shape index (κ1) is 20.5. The Labute approximate surface area is 171 Å². The molecular formula is C23H27N3O3. The zero-order valence-electron chi connectivity index (χ0n) is 17.1. The number of carbonyl (C=O) groups excluding carboxylic acids is 1. The molecule has 0 saturated carbocycles. The lowest BCUT2D eigenvalue weighted by Crippen LogP contribution is -2.24. The summed E-state index contributed by atoms with van der Waals surface area (Å²) in [6, 6.07) is 13.5. The van der Waals surface area contributed by atoms with E-state index in [2.05, 4.69) is 16.9 Å².